The molecule has 0 aliphatic carbocycles. The number of nitrogens with zero attached hydrogens (tertiary/aromatic N) is 3. The molecule has 2 heterocycles. The first kappa shape index (κ1) is 22.0. The van der Waals surface area contributed by atoms with E-state index in [1.165, 1.54) is 16.4 Å². The van der Waals surface area contributed by atoms with Gasteiger partial charge in [0.25, 0.3) is 0 Å². The Morgan fingerprint density at radius 2 is 1.73 bits per heavy atom. The van der Waals surface area contributed by atoms with Crippen molar-refractivity contribution in [2.45, 2.75) is 30.7 Å². The van der Waals surface area contributed by atoms with E-state index in [9.17, 15) is 26.0 Å². The summed E-state index contributed by atoms with van der Waals surface area (Å²) in [5.41, 5.74) is 1.16. The van der Waals surface area contributed by atoms with Crippen LogP contribution in [0.3, 0.4) is 0 Å². The number of aromatic nitrogens is 1. The number of benzene rings is 1. The largest absolute Gasteiger partial charge is 0.573 e. The second-order valence-electron chi connectivity index (χ2n) is 6.32. The highest BCUT2D eigenvalue weighted by atomic mass is 32.2. The summed E-state index contributed by atoms with van der Waals surface area (Å²) in [6.07, 6.45) is -3.11. The van der Waals surface area contributed by atoms with Gasteiger partial charge in [-0.3, -0.25) is 4.98 Å². The molecule has 0 atom stereocenters. The minimum absolute atomic E-state index is 0.0537. The average Bonchev–Trinajstić information content (AvgIpc) is 2.69. The van der Waals surface area contributed by atoms with Crippen molar-refractivity contribution in [2.24, 2.45) is 5.16 Å². The molecule has 0 saturated carbocycles. The normalized spacial score (nSPS) is 15.7. The lowest BCUT2D eigenvalue weighted by molar-refractivity contribution is -0.274. The highest BCUT2D eigenvalue weighted by Gasteiger charge is 2.32. The summed E-state index contributed by atoms with van der Waals surface area (Å²) in [7, 11) is -3.86. The molecule has 1 fully saturated rings. The number of rotatable bonds is 6. The molecule has 30 heavy (non-hydrogen) atoms. The van der Waals surface area contributed by atoms with Gasteiger partial charge in [0.05, 0.1) is 22.5 Å². The monoisotopic (exact) mass is 447 g/mol. The number of sulfonamides is 1. The van der Waals surface area contributed by atoms with Gasteiger partial charge in [0.1, 0.15) is 11.6 Å². The van der Waals surface area contributed by atoms with Crippen LogP contribution in [0.15, 0.2) is 52.6 Å². The zero-order valence-corrected chi connectivity index (χ0v) is 16.3. The van der Waals surface area contributed by atoms with E-state index in [2.05, 4.69) is 14.9 Å². The van der Waals surface area contributed by atoms with Crippen molar-refractivity contribution in [1.29, 1.82) is 0 Å². The quantitative estimate of drug-likeness (QED) is 0.500. The summed E-state index contributed by atoms with van der Waals surface area (Å²) in [6.45, 7) is 0.360. The third kappa shape index (κ3) is 5.89. The van der Waals surface area contributed by atoms with Crippen LogP contribution in [0.5, 0.6) is 5.75 Å². The van der Waals surface area contributed by atoms with Crippen LogP contribution in [0.25, 0.3) is 0 Å². The van der Waals surface area contributed by atoms with Crippen LogP contribution < -0.4 is 4.74 Å². The van der Waals surface area contributed by atoms with E-state index in [4.69, 9.17) is 4.84 Å². The number of hydrogen-bond acceptors (Lipinski definition) is 6. The van der Waals surface area contributed by atoms with Crippen LogP contribution in [0.1, 0.15) is 18.5 Å². The van der Waals surface area contributed by atoms with E-state index in [-0.39, 0.29) is 24.6 Å². The van der Waals surface area contributed by atoms with Crippen molar-refractivity contribution in [2.75, 3.05) is 13.1 Å². The summed E-state index contributed by atoms with van der Waals surface area (Å²) in [5, 5.41) is 3.97. The first-order chi connectivity index (χ1) is 14.1. The highest BCUT2D eigenvalue weighted by molar-refractivity contribution is 7.89. The minimum atomic E-state index is -4.85. The zero-order valence-electron chi connectivity index (χ0n) is 15.5. The van der Waals surface area contributed by atoms with Crippen molar-refractivity contribution in [1.82, 2.24) is 9.29 Å². The van der Waals surface area contributed by atoms with Gasteiger partial charge < -0.3 is 9.57 Å². The van der Waals surface area contributed by atoms with Crippen molar-refractivity contribution in [3.05, 3.63) is 54.1 Å². The number of piperidine rings is 1. The molecule has 1 saturated heterocycles. The van der Waals surface area contributed by atoms with Crippen molar-refractivity contribution >= 4 is 15.7 Å². The second-order valence-corrected chi connectivity index (χ2v) is 8.26. The fourth-order valence-electron chi connectivity index (χ4n) is 2.72. The molecule has 2 aromatic rings. The highest BCUT2D eigenvalue weighted by Crippen LogP contribution is 2.26. The van der Waals surface area contributed by atoms with E-state index in [0.29, 0.717) is 24.2 Å². The topological polar surface area (TPSA) is 81.1 Å². The Kier molecular flexibility index (Phi) is 6.56. The lowest BCUT2D eigenvalue weighted by Crippen LogP contribution is -2.38. The Bertz CT molecular complexity index is 984. The first-order valence-corrected chi connectivity index (χ1v) is 10.2. The predicted octanol–water partition coefficient (Wildman–Crippen LogP) is 3.48. The Morgan fingerprint density at radius 3 is 2.30 bits per heavy atom. The average molecular weight is 447 g/mol. The molecule has 1 aliphatic rings. The predicted molar refractivity (Wildman–Crippen MR) is 97.5 cm³/mol. The summed E-state index contributed by atoms with van der Waals surface area (Å²) < 4.78 is 79.8. The Labute approximate surface area is 170 Å². The Morgan fingerprint density at radius 1 is 1.07 bits per heavy atom. The standard InChI is InChI=1S/C18H17F4N3O4S/c19-13-1-2-15(23-11-13)12-28-24-14-7-9-25(10-8-14)30(26,27)17-5-3-16(4-6-17)29-18(20,21)22/h1-6,11H,7-10,12H2. The Hall–Kier alpha value is -2.73. The molecule has 3 rings (SSSR count). The summed E-state index contributed by atoms with van der Waals surface area (Å²) >= 11 is 0. The molecule has 7 nitrogen and oxygen atoms in total. The van der Waals surface area contributed by atoms with E-state index in [1.807, 2.05) is 0 Å². The van der Waals surface area contributed by atoms with E-state index in [0.717, 1.165) is 30.5 Å². The summed E-state index contributed by atoms with van der Waals surface area (Å²) in [5.74, 6) is -0.955. The summed E-state index contributed by atoms with van der Waals surface area (Å²) in [6, 6.07) is 6.76. The number of halogens is 4. The van der Waals surface area contributed by atoms with Crippen molar-refractivity contribution in [3.8, 4) is 5.75 Å². The molecule has 0 bridgehead atoms. The van der Waals surface area contributed by atoms with Gasteiger partial charge in [-0.1, -0.05) is 5.16 Å². The number of pyridine rings is 1. The maximum atomic E-state index is 12.8. The number of alkyl halides is 3. The molecular formula is C18H17F4N3O4S. The van der Waals surface area contributed by atoms with Crippen LogP contribution in [-0.4, -0.2) is 42.9 Å². The maximum Gasteiger partial charge on any atom is 0.573 e. The molecule has 1 aromatic heterocycles. The minimum Gasteiger partial charge on any atom is -0.406 e. The lowest BCUT2D eigenvalue weighted by atomic mass is 10.1. The van der Waals surface area contributed by atoms with E-state index >= 15 is 0 Å². The Balaban J connectivity index is 1.54. The lowest BCUT2D eigenvalue weighted by Gasteiger charge is -2.26. The third-order valence-corrected chi connectivity index (χ3v) is 6.10. The van der Waals surface area contributed by atoms with E-state index < -0.39 is 28.0 Å². The maximum absolute atomic E-state index is 12.8. The molecule has 162 valence electrons. The van der Waals surface area contributed by atoms with Crippen molar-refractivity contribution in [3.63, 3.8) is 0 Å². The number of hydrogen-bond donors (Lipinski definition) is 0. The second kappa shape index (κ2) is 8.96. The van der Waals surface area contributed by atoms with Gasteiger partial charge in [-0.2, -0.15) is 4.31 Å². The number of oxime groups is 1. The molecule has 0 spiro atoms. The fraction of sp³-hybridized carbons (Fsp3) is 0.333. The molecular weight excluding hydrogens is 430 g/mol. The van der Waals surface area contributed by atoms with Gasteiger partial charge in [0, 0.05) is 25.9 Å². The van der Waals surface area contributed by atoms with Gasteiger partial charge in [-0.05, 0) is 36.4 Å². The zero-order chi connectivity index (χ0) is 21.8. The van der Waals surface area contributed by atoms with Gasteiger partial charge in [0.15, 0.2) is 6.61 Å². The van der Waals surface area contributed by atoms with Crippen LogP contribution >= 0.6 is 0 Å². The van der Waals surface area contributed by atoms with E-state index in [1.54, 1.807) is 0 Å². The van der Waals surface area contributed by atoms with Gasteiger partial charge >= 0.3 is 6.36 Å². The van der Waals surface area contributed by atoms with Gasteiger partial charge in [-0.25, -0.2) is 12.8 Å². The molecule has 12 heteroatoms. The van der Waals surface area contributed by atoms with Crippen LogP contribution in [-0.2, 0) is 21.5 Å². The third-order valence-electron chi connectivity index (χ3n) is 4.19. The van der Waals surface area contributed by atoms with Crippen molar-refractivity contribution < 1.29 is 35.6 Å². The molecule has 0 amide bonds. The number of ether oxygens (including phenoxy) is 1. The fourth-order valence-corrected chi connectivity index (χ4v) is 4.16. The smallest absolute Gasteiger partial charge is 0.406 e. The van der Waals surface area contributed by atoms with Crippen LogP contribution in [0, 0.1) is 5.82 Å². The molecule has 1 aromatic carbocycles. The summed E-state index contributed by atoms with van der Waals surface area (Å²) in [4.78, 5) is 8.89. The molecule has 1 aliphatic heterocycles. The first-order valence-electron chi connectivity index (χ1n) is 8.77. The molecule has 0 radical (unpaired) electrons. The SMILES string of the molecule is O=S(=O)(c1ccc(OC(F)(F)F)cc1)N1CCC(=NOCc2ccc(F)cn2)CC1. The van der Waals surface area contributed by atoms with Gasteiger partial charge in [0.2, 0.25) is 10.0 Å². The van der Waals surface area contributed by atoms with Gasteiger partial charge in [-0.15, -0.1) is 13.2 Å². The van der Waals surface area contributed by atoms with Crippen LogP contribution in [0.2, 0.25) is 0 Å². The van der Waals surface area contributed by atoms with Crippen LogP contribution in [0.4, 0.5) is 17.6 Å². The molecule has 0 unspecified atom stereocenters. The molecule has 0 N–H and O–H groups in total.